The minimum absolute atomic E-state index is 0.229. The van der Waals surface area contributed by atoms with Crippen LogP contribution >= 0.6 is 11.6 Å². The van der Waals surface area contributed by atoms with Crippen molar-refractivity contribution in [2.45, 2.75) is 0 Å². The van der Waals surface area contributed by atoms with E-state index in [0.717, 1.165) is 10.9 Å². The van der Waals surface area contributed by atoms with E-state index in [4.69, 9.17) is 22.1 Å². The van der Waals surface area contributed by atoms with Gasteiger partial charge in [-0.3, -0.25) is 0 Å². The third kappa shape index (κ3) is 1.96. The Morgan fingerprint density at radius 2 is 2.16 bits per heavy atom. The van der Waals surface area contributed by atoms with E-state index in [0.29, 0.717) is 16.5 Å². The first-order valence-electron chi connectivity index (χ1n) is 5.49. The highest BCUT2D eigenvalue weighted by molar-refractivity contribution is 6.32. The van der Waals surface area contributed by atoms with E-state index in [1.807, 2.05) is 18.2 Å². The summed E-state index contributed by atoms with van der Waals surface area (Å²) in [6.07, 6.45) is 3.20. The van der Waals surface area contributed by atoms with Crippen molar-refractivity contribution >= 4 is 28.2 Å². The quantitative estimate of drug-likeness (QED) is 0.724. The number of rotatable bonds is 2. The smallest absolute Gasteiger partial charge is 0.318 e. The fraction of sp³-hybridized carbons (Fsp3) is 0.0833. The summed E-state index contributed by atoms with van der Waals surface area (Å²) in [7, 11) is 1.49. The molecule has 19 heavy (non-hydrogen) atoms. The number of anilines is 1. The molecule has 96 valence electrons. The molecule has 2 N–H and O–H groups in total. The lowest BCUT2D eigenvalue weighted by Crippen LogP contribution is -2.03. The summed E-state index contributed by atoms with van der Waals surface area (Å²) in [6.45, 7) is 0. The maximum absolute atomic E-state index is 6.11. The van der Waals surface area contributed by atoms with Gasteiger partial charge in [-0.05, 0) is 18.2 Å². The van der Waals surface area contributed by atoms with Crippen LogP contribution in [0.5, 0.6) is 6.01 Å². The zero-order valence-corrected chi connectivity index (χ0v) is 10.8. The van der Waals surface area contributed by atoms with E-state index in [1.165, 1.54) is 13.3 Å². The van der Waals surface area contributed by atoms with Crippen molar-refractivity contribution in [3.8, 4) is 11.8 Å². The highest BCUT2D eigenvalue weighted by atomic mass is 35.5. The van der Waals surface area contributed by atoms with Gasteiger partial charge in [-0.25, -0.2) is 9.67 Å². The van der Waals surface area contributed by atoms with Gasteiger partial charge in [-0.1, -0.05) is 11.6 Å². The molecule has 7 heteroatoms. The van der Waals surface area contributed by atoms with E-state index in [1.54, 1.807) is 10.9 Å². The van der Waals surface area contributed by atoms with Gasteiger partial charge in [0.2, 0.25) is 0 Å². The fourth-order valence-electron chi connectivity index (χ4n) is 1.79. The second-order valence-corrected chi connectivity index (χ2v) is 4.31. The van der Waals surface area contributed by atoms with Gasteiger partial charge < -0.3 is 10.5 Å². The summed E-state index contributed by atoms with van der Waals surface area (Å²) >= 11 is 6.11. The Hall–Kier alpha value is -2.34. The van der Waals surface area contributed by atoms with E-state index in [2.05, 4.69) is 15.1 Å². The Bertz CT molecular complexity index is 755. The Labute approximate surface area is 113 Å². The number of halogens is 1. The molecule has 0 spiro atoms. The number of benzene rings is 1. The number of hydrogen-bond acceptors (Lipinski definition) is 5. The van der Waals surface area contributed by atoms with Crippen LogP contribution in [-0.2, 0) is 0 Å². The van der Waals surface area contributed by atoms with Crippen molar-refractivity contribution in [1.82, 2.24) is 19.7 Å². The van der Waals surface area contributed by atoms with Crippen molar-refractivity contribution in [3.05, 3.63) is 35.6 Å². The number of hydrogen-bond donors (Lipinski definition) is 1. The topological polar surface area (TPSA) is 78.8 Å². The summed E-state index contributed by atoms with van der Waals surface area (Å²) in [4.78, 5) is 8.14. The van der Waals surface area contributed by atoms with Crippen LogP contribution in [0.25, 0.3) is 16.7 Å². The number of nitrogens with zero attached hydrogens (tertiary/aromatic N) is 4. The number of ether oxygens (including phenoxy) is 1. The number of aromatic nitrogens is 4. The monoisotopic (exact) mass is 275 g/mol. The summed E-state index contributed by atoms with van der Waals surface area (Å²) in [5.41, 5.74) is 7.26. The highest BCUT2D eigenvalue weighted by Crippen LogP contribution is 2.24. The Morgan fingerprint density at radius 1 is 1.32 bits per heavy atom. The van der Waals surface area contributed by atoms with Gasteiger partial charge in [0.25, 0.3) is 0 Å². The molecule has 3 aromatic rings. The van der Waals surface area contributed by atoms with Gasteiger partial charge in [0, 0.05) is 11.1 Å². The standard InChI is InChI=1S/C12H10ClN5O/c1-19-12-15-6-9(13)11(17-12)18-10-4-8(14)3-2-7(10)5-16-18/h2-6H,14H2,1H3. The predicted octanol–water partition coefficient (Wildman–Crippen LogP) is 2.06. The van der Waals surface area contributed by atoms with Crippen LogP contribution in [0, 0.1) is 0 Å². The molecule has 2 heterocycles. The number of fused-ring (bicyclic) bond motifs is 1. The lowest BCUT2D eigenvalue weighted by Gasteiger charge is -2.06. The molecule has 0 saturated carbocycles. The minimum atomic E-state index is 0.229. The maximum atomic E-state index is 6.11. The molecule has 3 rings (SSSR count). The SMILES string of the molecule is COc1ncc(Cl)c(-n2ncc3ccc(N)cc32)n1. The van der Waals surface area contributed by atoms with E-state index < -0.39 is 0 Å². The molecule has 2 aromatic heterocycles. The summed E-state index contributed by atoms with van der Waals surface area (Å²) in [6, 6.07) is 5.75. The lowest BCUT2D eigenvalue weighted by molar-refractivity contribution is 0.379. The normalized spacial score (nSPS) is 10.8. The van der Waals surface area contributed by atoms with Crippen molar-refractivity contribution in [2.24, 2.45) is 0 Å². The first-order valence-corrected chi connectivity index (χ1v) is 5.87. The van der Waals surface area contributed by atoms with Gasteiger partial charge in [0.1, 0.15) is 5.02 Å². The maximum Gasteiger partial charge on any atom is 0.318 e. The van der Waals surface area contributed by atoms with Gasteiger partial charge in [-0.2, -0.15) is 10.1 Å². The van der Waals surface area contributed by atoms with E-state index in [-0.39, 0.29) is 6.01 Å². The summed E-state index contributed by atoms with van der Waals surface area (Å²) < 4.78 is 6.61. The molecular weight excluding hydrogens is 266 g/mol. The fourth-order valence-corrected chi connectivity index (χ4v) is 1.96. The lowest BCUT2D eigenvalue weighted by atomic mass is 10.2. The van der Waals surface area contributed by atoms with E-state index >= 15 is 0 Å². The van der Waals surface area contributed by atoms with Crippen LogP contribution in [0.1, 0.15) is 0 Å². The largest absolute Gasteiger partial charge is 0.467 e. The zero-order chi connectivity index (χ0) is 13.4. The predicted molar refractivity (Wildman–Crippen MR) is 72.6 cm³/mol. The van der Waals surface area contributed by atoms with Gasteiger partial charge in [-0.15, -0.1) is 0 Å². The van der Waals surface area contributed by atoms with Crippen LogP contribution in [-0.4, -0.2) is 26.9 Å². The van der Waals surface area contributed by atoms with Gasteiger partial charge >= 0.3 is 6.01 Å². The van der Waals surface area contributed by atoms with Crippen LogP contribution in [0.15, 0.2) is 30.6 Å². The van der Waals surface area contributed by atoms with Crippen LogP contribution in [0.4, 0.5) is 5.69 Å². The minimum Gasteiger partial charge on any atom is -0.467 e. The molecule has 0 radical (unpaired) electrons. The molecular formula is C12H10ClN5O. The molecule has 0 aliphatic rings. The zero-order valence-electron chi connectivity index (χ0n) is 10.0. The number of nitrogens with two attached hydrogens (primary N) is 1. The molecule has 0 fully saturated rings. The Kier molecular flexibility index (Phi) is 2.72. The molecule has 6 nitrogen and oxygen atoms in total. The third-order valence-electron chi connectivity index (χ3n) is 2.68. The Morgan fingerprint density at radius 3 is 2.95 bits per heavy atom. The summed E-state index contributed by atoms with van der Waals surface area (Å²) in [5, 5.41) is 5.60. The Balaban J connectivity index is 2.26. The second-order valence-electron chi connectivity index (χ2n) is 3.90. The van der Waals surface area contributed by atoms with Crippen LogP contribution in [0.3, 0.4) is 0 Å². The number of nitrogen functional groups attached to an aromatic ring is 1. The molecule has 0 aliphatic heterocycles. The molecule has 0 atom stereocenters. The molecule has 1 aromatic carbocycles. The average Bonchev–Trinajstić information content (AvgIpc) is 2.82. The first kappa shape index (κ1) is 11.7. The molecule has 0 amide bonds. The highest BCUT2D eigenvalue weighted by Gasteiger charge is 2.12. The molecule has 0 bridgehead atoms. The average molecular weight is 276 g/mol. The molecule has 0 unspecified atom stereocenters. The molecule has 0 aliphatic carbocycles. The second kappa shape index (κ2) is 4.40. The summed E-state index contributed by atoms with van der Waals surface area (Å²) in [5.74, 6) is 0.453. The van der Waals surface area contributed by atoms with Crippen molar-refractivity contribution < 1.29 is 4.74 Å². The third-order valence-corrected chi connectivity index (χ3v) is 2.95. The van der Waals surface area contributed by atoms with Crippen LogP contribution in [0.2, 0.25) is 5.02 Å². The first-order chi connectivity index (χ1) is 9.19. The number of methoxy groups -OCH3 is 1. The van der Waals surface area contributed by atoms with Crippen LogP contribution < -0.4 is 10.5 Å². The van der Waals surface area contributed by atoms with Crippen molar-refractivity contribution in [2.75, 3.05) is 12.8 Å². The van der Waals surface area contributed by atoms with Crippen molar-refractivity contribution in [1.29, 1.82) is 0 Å². The van der Waals surface area contributed by atoms with Gasteiger partial charge in [0.05, 0.1) is 25.0 Å². The van der Waals surface area contributed by atoms with E-state index in [9.17, 15) is 0 Å². The van der Waals surface area contributed by atoms with Gasteiger partial charge in [0.15, 0.2) is 5.82 Å². The molecule has 0 saturated heterocycles. The van der Waals surface area contributed by atoms with Crippen molar-refractivity contribution in [3.63, 3.8) is 0 Å².